The van der Waals surface area contributed by atoms with Crippen LogP contribution in [0, 0.1) is 5.92 Å². The van der Waals surface area contributed by atoms with Gasteiger partial charge in [0.2, 0.25) is 0 Å². The first-order valence-electron chi connectivity index (χ1n) is 14.2. The Bertz CT molecular complexity index is 1180. The number of esters is 1. The molecular formula is C31H39N3O4. The topological polar surface area (TPSA) is 72.4 Å². The molecule has 2 aromatic rings. The third-order valence-electron chi connectivity index (χ3n) is 8.86. The summed E-state index contributed by atoms with van der Waals surface area (Å²) in [6.07, 6.45) is 6.22. The number of fused-ring (bicyclic) bond motifs is 3. The van der Waals surface area contributed by atoms with Gasteiger partial charge in [0.15, 0.2) is 11.4 Å². The molecule has 1 N–H and O–H groups in total. The molecule has 2 fully saturated rings. The fourth-order valence-electron chi connectivity index (χ4n) is 7.19. The van der Waals surface area contributed by atoms with E-state index in [0.29, 0.717) is 32.7 Å². The summed E-state index contributed by atoms with van der Waals surface area (Å²) in [6.45, 7) is 4.80. The van der Waals surface area contributed by atoms with Crippen molar-refractivity contribution in [3.05, 3.63) is 65.7 Å². The second-order valence-electron chi connectivity index (χ2n) is 11.0. The van der Waals surface area contributed by atoms with Crippen LogP contribution in [-0.2, 0) is 25.4 Å². The van der Waals surface area contributed by atoms with Crippen molar-refractivity contribution in [2.75, 3.05) is 38.7 Å². The molecular weight excluding hydrogens is 478 g/mol. The minimum Gasteiger partial charge on any atom is -0.469 e. The average Bonchev–Trinajstić information content (AvgIpc) is 3.46. The van der Waals surface area contributed by atoms with E-state index < -0.39 is 17.4 Å². The molecule has 2 bridgehead atoms. The highest BCUT2D eigenvalue weighted by atomic mass is 16.6. The van der Waals surface area contributed by atoms with E-state index in [4.69, 9.17) is 19.2 Å². The summed E-state index contributed by atoms with van der Waals surface area (Å²) in [7, 11) is 1.50. The van der Waals surface area contributed by atoms with Gasteiger partial charge in [0.1, 0.15) is 5.92 Å². The molecule has 7 nitrogen and oxygen atoms in total. The number of carbonyl (C=O) groups is 1. The zero-order valence-electron chi connectivity index (χ0n) is 22.5. The van der Waals surface area contributed by atoms with E-state index in [1.54, 1.807) is 0 Å². The van der Waals surface area contributed by atoms with Gasteiger partial charge in [-0.2, -0.15) is 0 Å². The van der Waals surface area contributed by atoms with Crippen LogP contribution in [0.4, 0.5) is 5.69 Å². The Labute approximate surface area is 225 Å². The van der Waals surface area contributed by atoms with Crippen molar-refractivity contribution in [2.24, 2.45) is 10.9 Å². The highest BCUT2D eigenvalue weighted by Crippen LogP contribution is 2.64. The number of aliphatic imine (C=N–C) groups is 1. The molecule has 0 aromatic heterocycles. The molecule has 2 saturated heterocycles. The lowest BCUT2D eigenvalue weighted by molar-refractivity contribution is -0.175. The Morgan fingerprint density at radius 3 is 2.61 bits per heavy atom. The summed E-state index contributed by atoms with van der Waals surface area (Å²) in [5, 5.41) is 3.82. The Balaban J connectivity index is 1.52. The zero-order valence-corrected chi connectivity index (χ0v) is 22.5. The molecule has 0 aliphatic carbocycles. The van der Waals surface area contributed by atoms with E-state index in [0.717, 1.165) is 35.4 Å². The lowest BCUT2D eigenvalue weighted by Gasteiger charge is -2.46. The first-order chi connectivity index (χ1) is 18.6. The van der Waals surface area contributed by atoms with Crippen LogP contribution in [0.3, 0.4) is 0 Å². The number of unbranched alkanes of at least 4 members (excludes halogenated alkanes) is 3. The number of rotatable bonds is 9. The molecule has 0 radical (unpaired) electrons. The maximum Gasteiger partial charge on any atom is 0.314 e. The first kappa shape index (κ1) is 25.5. The van der Waals surface area contributed by atoms with Gasteiger partial charge in [-0.15, -0.1) is 0 Å². The average molecular weight is 518 g/mol. The molecule has 4 aliphatic heterocycles. The van der Waals surface area contributed by atoms with Gasteiger partial charge < -0.3 is 19.5 Å². The standard InChI is InChI=1S/C31H39N3O4/c1-3-4-5-9-16-25-30-27(23-14-10-11-15-24(23)32-25)28(29(35)36-2)31(38-30,34-17-19-37-20-18-34)26(33-30)21-22-12-7-6-8-13-22/h6-8,10-15,25,27-28,32H,3-5,9,16-21H2,1-2H3/t25-,27+,28-,30+,31+/m0/s1. The van der Waals surface area contributed by atoms with Crippen LogP contribution in [0.5, 0.6) is 0 Å². The molecule has 4 heterocycles. The number of para-hydroxylation sites is 1. The molecule has 0 unspecified atom stereocenters. The maximum absolute atomic E-state index is 13.9. The Kier molecular flexibility index (Phi) is 7.01. The summed E-state index contributed by atoms with van der Waals surface area (Å²) in [4.78, 5) is 21.7. The highest BCUT2D eigenvalue weighted by Gasteiger charge is 2.76. The first-order valence-corrected chi connectivity index (χ1v) is 14.2. The molecule has 38 heavy (non-hydrogen) atoms. The summed E-state index contributed by atoms with van der Waals surface area (Å²) < 4.78 is 18.6. The van der Waals surface area contributed by atoms with Crippen LogP contribution >= 0.6 is 0 Å². The number of hydrogen-bond donors (Lipinski definition) is 1. The van der Waals surface area contributed by atoms with Gasteiger partial charge in [-0.1, -0.05) is 81.1 Å². The van der Waals surface area contributed by atoms with Gasteiger partial charge in [0.25, 0.3) is 0 Å². The summed E-state index contributed by atoms with van der Waals surface area (Å²) in [6, 6.07) is 18.7. The molecule has 6 rings (SSSR count). The Morgan fingerprint density at radius 1 is 1.08 bits per heavy atom. The third kappa shape index (κ3) is 3.98. The van der Waals surface area contributed by atoms with E-state index in [1.807, 2.05) is 12.1 Å². The van der Waals surface area contributed by atoms with Crippen LogP contribution in [-0.4, -0.2) is 67.5 Å². The molecule has 7 heteroatoms. The normalized spacial score (nSPS) is 31.7. The number of nitrogens with one attached hydrogen (secondary N) is 1. The smallest absolute Gasteiger partial charge is 0.314 e. The molecule has 202 valence electrons. The number of ether oxygens (including phenoxy) is 3. The van der Waals surface area contributed by atoms with E-state index in [9.17, 15) is 4.79 Å². The van der Waals surface area contributed by atoms with Crippen molar-refractivity contribution >= 4 is 17.4 Å². The van der Waals surface area contributed by atoms with Gasteiger partial charge in [-0.05, 0) is 23.6 Å². The number of benzene rings is 2. The van der Waals surface area contributed by atoms with Crippen LogP contribution in [0.1, 0.15) is 56.1 Å². The summed E-state index contributed by atoms with van der Waals surface area (Å²) in [5.41, 5.74) is 2.41. The zero-order chi connectivity index (χ0) is 26.2. The largest absolute Gasteiger partial charge is 0.469 e. The molecule has 2 aromatic carbocycles. The van der Waals surface area contributed by atoms with Crippen molar-refractivity contribution in [2.45, 2.75) is 68.9 Å². The van der Waals surface area contributed by atoms with Crippen molar-refractivity contribution in [1.82, 2.24) is 4.90 Å². The van der Waals surface area contributed by atoms with Gasteiger partial charge in [0, 0.05) is 25.2 Å². The van der Waals surface area contributed by atoms with E-state index in [1.165, 1.54) is 26.4 Å². The van der Waals surface area contributed by atoms with Gasteiger partial charge >= 0.3 is 5.97 Å². The number of methoxy groups -OCH3 is 1. The predicted octanol–water partition coefficient (Wildman–Crippen LogP) is 4.78. The SMILES string of the molecule is CCCCCC[C@@H]1Nc2ccccc2[C@@H]2[C@@H](C(=O)OC)[C@]3(N4CCOCC4)O[C@]12N=C3Cc1ccccc1. The van der Waals surface area contributed by atoms with Crippen LogP contribution in [0.25, 0.3) is 0 Å². The van der Waals surface area contributed by atoms with Gasteiger partial charge in [0.05, 0.1) is 38.0 Å². The minimum absolute atomic E-state index is 0.0393. The number of morpholine rings is 1. The number of hydrogen-bond acceptors (Lipinski definition) is 7. The van der Waals surface area contributed by atoms with Crippen molar-refractivity contribution in [1.29, 1.82) is 0 Å². The van der Waals surface area contributed by atoms with Crippen LogP contribution in [0.2, 0.25) is 0 Å². The molecule has 1 spiro atoms. The molecule has 5 atom stereocenters. The Hall–Kier alpha value is -2.74. The van der Waals surface area contributed by atoms with Gasteiger partial charge in [-0.3, -0.25) is 14.7 Å². The van der Waals surface area contributed by atoms with E-state index in [-0.39, 0.29) is 17.9 Å². The number of anilines is 1. The summed E-state index contributed by atoms with van der Waals surface area (Å²) >= 11 is 0. The lowest BCUT2D eigenvalue weighted by Crippen LogP contribution is -2.63. The van der Waals surface area contributed by atoms with E-state index in [2.05, 4.69) is 59.6 Å². The predicted molar refractivity (Wildman–Crippen MR) is 147 cm³/mol. The second-order valence-corrected chi connectivity index (χ2v) is 11.0. The molecule has 0 amide bonds. The van der Waals surface area contributed by atoms with Crippen molar-refractivity contribution in [3.63, 3.8) is 0 Å². The summed E-state index contributed by atoms with van der Waals surface area (Å²) in [5.74, 6) is -0.987. The molecule has 0 saturated carbocycles. The van der Waals surface area contributed by atoms with Crippen LogP contribution in [0.15, 0.2) is 59.6 Å². The number of nitrogens with zero attached hydrogens (tertiary/aromatic N) is 2. The van der Waals surface area contributed by atoms with Crippen LogP contribution < -0.4 is 5.32 Å². The number of carbonyl (C=O) groups excluding carboxylic acids is 1. The lowest BCUT2D eigenvalue weighted by atomic mass is 9.67. The maximum atomic E-state index is 13.9. The van der Waals surface area contributed by atoms with Crippen molar-refractivity contribution < 1.29 is 19.0 Å². The highest BCUT2D eigenvalue weighted by molar-refractivity contribution is 6.02. The second kappa shape index (κ2) is 10.4. The Morgan fingerprint density at radius 2 is 1.84 bits per heavy atom. The minimum atomic E-state index is -0.974. The quantitative estimate of drug-likeness (QED) is 0.381. The van der Waals surface area contributed by atoms with Gasteiger partial charge in [-0.25, -0.2) is 0 Å². The monoisotopic (exact) mass is 517 g/mol. The fourth-order valence-corrected chi connectivity index (χ4v) is 7.19. The molecule has 4 aliphatic rings. The third-order valence-corrected chi connectivity index (χ3v) is 8.86. The van der Waals surface area contributed by atoms with Crippen molar-refractivity contribution in [3.8, 4) is 0 Å². The fraction of sp³-hybridized carbons (Fsp3) is 0.548. The van der Waals surface area contributed by atoms with E-state index >= 15 is 0 Å².